The fourth-order valence-electron chi connectivity index (χ4n) is 11.0. The Morgan fingerprint density at radius 3 is 2.26 bits per heavy atom. The predicted molar refractivity (Wildman–Crippen MR) is 239 cm³/mol. The van der Waals surface area contributed by atoms with Gasteiger partial charge in [-0.1, -0.05) is 30.3 Å². The number of carbonyl (C=O) groups is 5. The number of carbonyl (C=O) groups excluding carboxylic acids is 5. The van der Waals surface area contributed by atoms with E-state index in [-0.39, 0.29) is 47.6 Å². The number of hydrogen-bond donors (Lipinski definition) is 3. The zero-order chi connectivity index (χ0) is 44.4. The Morgan fingerprint density at radius 2 is 1.54 bits per heavy atom. The van der Waals surface area contributed by atoms with Gasteiger partial charge in [0.15, 0.2) is 17.0 Å². The SMILES string of the molecule is O=C1CC[C@H](N2C(=O)c3cc(F)c(N4CCN(C5CC6(CCN(c7ccc(Nc8ncnc9c8ncn9C8CC(NC(=O)Cc9ccccc9)C8)cc7)CC6)C5)CC4)cc3C2=O)C(=O)N1. The lowest BCUT2D eigenvalue weighted by molar-refractivity contribution is -0.136. The molecule has 2 aromatic heterocycles. The number of imide groups is 2. The Morgan fingerprint density at radius 1 is 0.815 bits per heavy atom. The summed E-state index contributed by atoms with van der Waals surface area (Å²) < 4.78 is 17.6. The minimum atomic E-state index is -1.09. The highest BCUT2D eigenvalue weighted by atomic mass is 19.1. The summed E-state index contributed by atoms with van der Waals surface area (Å²) in [5.41, 5.74) is 5.27. The second-order valence-electron chi connectivity index (χ2n) is 18.6. The van der Waals surface area contributed by atoms with Crippen LogP contribution in [0.3, 0.4) is 0 Å². The molecule has 11 rings (SSSR count). The third-order valence-electron chi connectivity index (χ3n) is 14.8. The van der Waals surface area contributed by atoms with Crippen molar-refractivity contribution >= 4 is 63.6 Å². The number of rotatable bonds is 10. The number of nitrogens with one attached hydrogen (secondary N) is 3. The summed E-state index contributed by atoms with van der Waals surface area (Å²) in [4.78, 5) is 84.8. The number of piperazine rings is 1. The standard InChI is InChI=1S/C48H50FN11O5/c49-37-23-35-36(47(65)60(46(35)64)38-10-11-40(61)55-45(38)63)24-39(37)58-18-16-57(17-19-58)34-25-48(26-34)12-14-56(15-13-48)32-8-6-30(7-9-32)54-43-42-44(51-27-50-43)59(28-52-42)33-21-31(22-33)53-41(62)20-29-4-2-1-3-5-29/h1-9,23-24,27-28,31,33-34,38H,10-22,25-26H2,(H,53,62)(H,50,51,54)(H,55,61,63)/t31?,33?,38-/m0/s1. The maximum Gasteiger partial charge on any atom is 0.262 e. The van der Waals surface area contributed by atoms with E-state index in [0.29, 0.717) is 42.3 Å². The van der Waals surface area contributed by atoms with Gasteiger partial charge < -0.3 is 25.0 Å². The molecule has 0 unspecified atom stereocenters. The molecule has 65 heavy (non-hydrogen) atoms. The van der Waals surface area contributed by atoms with E-state index >= 15 is 4.39 Å². The van der Waals surface area contributed by atoms with Crippen LogP contribution in [0.25, 0.3) is 11.2 Å². The molecule has 0 radical (unpaired) electrons. The molecule has 6 heterocycles. The van der Waals surface area contributed by atoms with Gasteiger partial charge in [0.1, 0.15) is 18.2 Å². The minimum Gasteiger partial charge on any atom is -0.371 e. The van der Waals surface area contributed by atoms with Crippen LogP contribution in [0.4, 0.5) is 27.3 Å². The van der Waals surface area contributed by atoms with Crippen molar-refractivity contribution < 1.29 is 28.4 Å². The van der Waals surface area contributed by atoms with Gasteiger partial charge in [-0.2, -0.15) is 0 Å². The molecule has 3 N–H and O–H groups in total. The number of nitrogens with zero attached hydrogens (tertiary/aromatic N) is 8. The third-order valence-corrected chi connectivity index (χ3v) is 14.8. The molecule has 2 saturated carbocycles. The number of aromatic nitrogens is 4. The average molecular weight is 880 g/mol. The van der Waals surface area contributed by atoms with Crippen molar-refractivity contribution in [1.29, 1.82) is 0 Å². The van der Waals surface area contributed by atoms with E-state index in [1.807, 2.05) is 41.6 Å². The highest BCUT2D eigenvalue weighted by molar-refractivity contribution is 6.23. The minimum absolute atomic E-state index is 0.0249. The summed E-state index contributed by atoms with van der Waals surface area (Å²) in [5.74, 6) is -2.35. The van der Waals surface area contributed by atoms with Gasteiger partial charge in [0.05, 0.1) is 29.6 Å². The van der Waals surface area contributed by atoms with Gasteiger partial charge in [-0.05, 0) is 92.3 Å². The topological polar surface area (TPSA) is 178 Å². The molecular formula is C48H50FN11O5. The van der Waals surface area contributed by atoms with E-state index in [2.05, 4.69) is 69.5 Å². The Labute approximate surface area is 374 Å². The Bertz CT molecular complexity index is 2700. The smallest absolute Gasteiger partial charge is 0.262 e. The molecule has 4 aliphatic heterocycles. The lowest BCUT2D eigenvalue weighted by atomic mass is 9.60. The summed E-state index contributed by atoms with van der Waals surface area (Å²) >= 11 is 0. The molecular weight excluding hydrogens is 830 g/mol. The first-order valence-electron chi connectivity index (χ1n) is 22.7. The van der Waals surface area contributed by atoms with Crippen molar-refractivity contribution in [3.63, 3.8) is 0 Å². The van der Waals surface area contributed by atoms with Crippen LogP contribution >= 0.6 is 0 Å². The van der Waals surface area contributed by atoms with Gasteiger partial charge in [0.2, 0.25) is 17.7 Å². The Hall–Kier alpha value is -6.75. The number of piperidine rings is 2. The highest BCUT2D eigenvalue weighted by Crippen LogP contribution is 2.51. The summed E-state index contributed by atoms with van der Waals surface area (Å²) in [6, 6.07) is 20.6. The fraction of sp³-hybridized carbons (Fsp3) is 0.417. The van der Waals surface area contributed by atoms with Crippen LogP contribution in [0.5, 0.6) is 0 Å². The van der Waals surface area contributed by atoms with E-state index in [0.717, 1.165) is 92.6 Å². The summed E-state index contributed by atoms with van der Waals surface area (Å²) in [7, 11) is 0. The second kappa shape index (κ2) is 16.4. The van der Waals surface area contributed by atoms with Crippen molar-refractivity contribution in [3.8, 4) is 0 Å². The van der Waals surface area contributed by atoms with Crippen LogP contribution in [0.1, 0.15) is 83.7 Å². The van der Waals surface area contributed by atoms with E-state index in [9.17, 15) is 24.0 Å². The van der Waals surface area contributed by atoms with Crippen LogP contribution in [0, 0.1) is 11.2 Å². The maximum absolute atomic E-state index is 15.5. The van der Waals surface area contributed by atoms with Gasteiger partial charge in [-0.15, -0.1) is 0 Å². The first kappa shape index (κ1) is 41.0. The van der Waals surface area contributed by atoms with Gasteiger partial charge in [0, 0.05) is 75.2 Å². The van der Waals surface area contributed by atoms with E-state index in [1.54, 1.807) is 6.33 Å². The number of amides is 5. The van der Waals surface area contributed by atoms with Crippen LogP contribution in [-0.2, 0) is 20.8 Å². The number of benzene rings is 3. The zero-order valence-electron chi connectivity index (χ0n) is 35.9. The van der Waals surface area contributed by atoms with Crippen molar-refractivity contribution in [2.75, 3.05) is 54.4 Å². The normalized spacial score (nSPS) is 23.3. The molecule has 3 saturated heterocycles. The van der Waals surface area contributed by atoms with Crippen LogP contribution in [0.15, 0.2) is 79.4 Å². The molecule has 5 aromatic rings. The highest BCUT2D eigenvalue weighted by Gasteiger charge is 2.49. The number of imidazole rings is 1. The lowest BCUT2D eigenvalue weighted by Gasteiger charge is -2.56. The third kappa shape index (κ3) is 7.64. The predicted octanol–water partition coefficient (Wildman–Crippen LogP) is 4.74. The first-order valence-corrected chi connectivity index (χ1v) is 22.7. The van der Waals surface area contributed by atoms with Crippen LogP contribution in [-0.4, -0.2) is 116 Å². The Kier molecular flexibility index (Phi) is 10.3. The van der Waals surface area contributed by atoms with Crippen LogP contribution < -0.4 is 25.8 Å². The van der Waals surface area contributed by atoms with E-state index < -0.39 is 35.5 Å². The number of anilines is 4. The molecule has 0 bridgehead atoms. The molecule has 5 amide bonds. The van der Waals surface area contributed by atoms with Crippen molar-refractivity contribution in [2.45, 2.75) is 82.0 Å². The molecule has 2 aliphatic carbocycles. The number of halogens is 1. The molecule has 3 aromatic carbocycles. The van der Waals surface area contributed by atoms with E-state index in [4.69, 9.17) is 0 Å². The summed E-state index contributed by atoms with van der Waals surface area (Å²) in [6.45, 7) is 4.74. The quantitative estimate of drug-likeness (QED) is 0.165. The molecule has 6 aliphatic rings. The summed E-state index contributed by atoms with van der Waals surface area (Å²) in [6.07, 6.45) is 10.1. The molecule has 16 nitrogen and oxygen atoms in total. The molecule has 5 fully saturated rings. The fourth-order valence-corrected chi connectivity index (χ4v) is 11.0. The lowest BCUT2D eigenvalue weighted by Crippen LogP contribution is -2.59. The number of fused-ring (bicyclic) bond motifs is 2. The van der Waals surface area contributed by atoms with Gasteiger partial charge in [-0.3, -0.25) is 39.1 Å². The molecule has 334 valence electrons. The largest absolute Gasteiger partial charge is 0.371 e. The molecule has 1 atom stereocenters. The Balaban J connectivity index is 0.641. The first-order chi connectivity index (χ1) is 31.6. The zero-order valence-corrected chi connectivity index (χ0v) is 35.9. The maximum atomic E-state index is 15.5. The van der Waals surface area contributed by atoms with Crippen LogP contribution in [0.2, 0.25) is 0 Å². The molecule has 17 heteroatoms. The van der Waals surface area contributed by atoms with Crippen molar-refractivity contribution in [1.82, 2.24) is 40.0 Å². The molecule has 1 spiro atoms. The summed E-state index contributed by atoms with van der Waals surface area (Å²) in [5, 5.41) is 8.82. The van der Waals surface area contributed by atoms with Gasteiger partial charge in [0.25, 0.3) is 11.8 Å². The van der Waals surface area contributed by atoms with Crippen molar-refractivity contribution in [3.05, 3.63) is 102 Å². The van der Waals surface area contributed by atoms with Gasteiger partial charge in [-0.25, -0.2) is 19.3 Å². The monoisotopic (exact) mass is 879 g/mol. The van der Waals surface area contributed by atoms with Gasteiger partial charge >= 0.3 is 0 Å². The number of hydrogen-bond acceptors (Lipinski definition) is 12. The second-order valence-corrected chi connectivity index (χ2v) is 18.6. The van der Waals surface area contributed by atoms with E-state index in [1.165, 1.54) is 11.8 Å². The average Bonchev–Trinajstić information content (AvgIpc) is 3.82. The van der Waals surface area contributed by atoms with Crippen molar-refractivity contribution in [2.24, 2.45) is 5.41 Å².